The van der Waals surface area contributed by atoms with E-state index in [4.69, 9.17) is 24.9 Å². The molecule has 5 aromatic rings. The Bertz CT molecular complexity index is 3900. The number of likely N-dealkylation sites (tertiary alicyclic amines) is 1. The highest BCUT2D eigenvalue weighted by Gasteiger charge is 2.62. The van der Waals surface area contributed by atoms with Crippen LogP contribution in [-0.2, 0) is 67.8 Å². The molecule has 2 saturated carbocycles. The number of anilines is 2. The molecule has 8 rings (SSSR count). The van der Waals surface area contributed by atoms with Crippen molar-refractivity contribution in [1.82, 2.24) is 24.6 Å². The van der Waals surface area contributed by atoms with Crippen LogP contribution in [-0.4, -0.2) is 131 Å². The zero-order valence-corrected chi connectivity index (χ0v) is 55.9. The molecule has 25 nitrogen and oxygen atoms in total. The molecule has 2 aliphatic carbocycles. The van der Waals surface area contributed by atoms with E-state index >= 15 is 0 Å². The molecule has 1 saturated heterocycles. The maximum absolute atomic E-state index is 14.4. The number of esters is 2. The second kappa shape index (κ2) is 32.3. The van der Waals surface area contributed by atoms with Gasteiger partial charge in [0.15, 0.2) is 0 Å². The molecule has 0 spiro atoms. The Kier molecular flexibility index (Phi) is 24.9. The predicted octanol–water partition coefficient (Wildman–Crippen LogP) is 8.53. The summed E-state index contributed by atoms with van der Waals surface area (Å²) in [5.41, 5.74) is 4.13. The number of carbonyl (C=O) groups excluding carboxylic acids is 8. The Balaban J connectivity index is 0.000000344. The third-order valence-corrected chi connectivity index (χ3v) is 19.0. The van der Waals surface area contributed by atoms with Gasteiger partial charge >= 0.3 is 18.0 Å². The number of carbonyl (C=O) groups is 8. The van der Waals surface area contributed by atoms with Crippen LogP contribution in [0.4, 0.5) is 16.2 Å². The lowest BCUT2D eigenvalue weighted by Crippen LogP contribution is -2.56. The molecule has 4 aromatic carbocycles. The number of aromatic nitrogens is 1. The van der Waals surface area contributed by atoms with Crippen molar-refractivity contribution in [1.29, 1.82) is 0 Å². The zero-order valence-electron chi connectivity index (χ0n) is 54.2. The van der Waals surface area contributed by atoms with Crippen molar-refractivity contribution < 1.29 is 78.9 Å². The largest absolute Gasteiger partial charge is 0.497 e. The minimum Gasteiger partial charge on any atom is -0.497 e. The fourth-order valence-corrected chi connectivity index (χ4v) is 13.2. The molecule has 1 aliphatic heterocycles. The van der Waals surface area contributed by atoms with Crippen molar-refractivity contribution in [2.75, 3.05) is 38.5 Å². The minimum atomic E-state index is -4.60. The van der Waals surface area contributed by atoms with E-state index < -0.39 is 84.5 Å². The Morgan fingerprint density at radius 2 is 1.17 bits per heavy atom. The first-order valence-corrected chi connectivity index (χ1v) is 34.2. The van der Waals surface area contributed by atoms with Gasteiger partial charge in [-0.25, -0.2) is 36.1 Å². The maximum Gasteiger partial charge on any atom is 0.411 e. The third kappa shape index (κ3) is 19.7. The molecule has 6 amide bonds. The van der Waals surface area contributed by atoms with Gasteiger partial charge in [-0.1, -0.05) is 92.4 Å². The van der Waals surface area contributed by atoms with Gasteiger partial charge in [0.25, 0.3) is 31.9 Å². The van der Waals surface area contributed by atoms with E-state index in [-0.39, 0.29) is 83.6 Å². The highest BCUT2D eigenvalue weighted by molar-refractivity contribution is 7.90. The minimum absolute atomic E-state index is 0.00103. The van der Waals surface area contributed by atoms with Crippen molar-refractivity contribution in [3.63, 3.8) is 0 Å². The highest BCUT2D eigenvalue weighted by atomic mass is 32.2. The molecular formula is C68H84N8O17S2. The molecule has 510 valence electrons. The number of methoxy groups -OCH3 is 3. The smallest absolute Gasteiger partial charge is 0.411 e. The topological polar surface area (TPSA) is 353 Å². The summed E-state index contributed by atoms with van der Waals surface area (Å²) in [6, 6.07) is 27.0. The molecule has 1 aromatic heterocycles. The second-order valence-corrected chi connectivity index (χ2v) is 27.7. The normalized spacial score (nSPS) is 19.5. The predicted molar refractivity (Wildman–Crippen MR) is 354 cm³/mol. The number of benzene rings is 4. The van der Waals surface area contributed by atoms with Gasteiger partial charge in [0, 0.05) is 67.0 Å². The molecule has 27 heteroatoms. The monoisotopic (exact) mass is 1350 g/mol. The summed E-state index contributed by atoms with van der Waals surface area (Å²) in [4.78, 5) is 108. The first-order valence-electron chi connectivity index (χ1n) is 31.2. The SMILES string of the molecule is C=C[C@@H]1C[C@]1(N)C(=O)NS(=O)(=O)c1ccccc1NC(=O)CCCCCCC(=O)OC.C=C[C@@H]1C[C@]1(NC(=O)[C@@H]1C[C@@H](Oc2cc(-c3ccccc3)nc3cc(OC)ccc23)CN1C(=O)OC(C)(C)C)C(=O)NS(=O)(=O)c1ccccc1NC(=O)CCCCCCC(=O)OC. The van der Waals surface area contributed by atoms with Crippen LogP contribution < -0.4 is 40.6 Å². The summed E-state index contributed by atoms with van der Waals surface area (Å²) in [6.07, 6.45) is 8.12. The molecule has 95 heavy (non-hydrogen) atoms. The van der Waals surface area contributed by atoms with Crippen molar-refractivity contribution >= 4 is 89.9 Å². The van der Waals surface area contributed by atoms with E-state index in [2.05, 4.69) is 43.3 Å². The quantitative estimate of drug-likeness (QED) is 0.0108. The van der Waals surface area contributed by atoms with Crippen LogP contribution in [0.15, 0.2) is 138 Å². The average molecular weight is 1350 g/mol. The summed E-state index contributed by atoms with van der Waals surface area (Å²) in [7, 11) is -4.60. The van der Waals surface area contributed by atoms with E-state index in [0.717, 1.165) is 18.4 Å². The number of hydrogen-bond donors (Lipinski definition) is 6. The number of fused-ring (bicyclic) bond motifs is 1. The van der Waals surface area contributed by atoms with Gasteiger partial charge in [-0.15, -0.1) is 13.2 Å². The molecule has 0 radical (unpaired) electrons. The first kappa shape index (κ1) is 73.2. The van der Waals surface area contributed by atoms with E-state index in [9.17, 15) is 55.2 Å². The summed E-state index contributed by atoms with van der Waals surface area (Å²) in [6.45, 7) is 12.4. The number of rotatable bonds is 30. The zero-order chi connectivity index (χ0) is 69.3. The van der Waals surface area contributed by atoms with Gasteiger partial charge in [-0.3, -0.25) is 38.5 Å². The number of nitrogens with zero attached hydrogens (tertiary/aromatic N) is 2. The average Bonchev–Trinajstić information content (AvgIpc) is 1.61. The van der Waals surface area contributed by atoms with Gasteiger partial charge < -0.3 is 45.4 Å². The molecule has 3 fully saturated rings. The number of hydrogen-bond acceptors (Lipinski definition) is 19. The van der Waals surface area contributed by atoms with Crippen molar-refractivity contribution in [2.24, 2.45) is 17.6 Å². The van der Waals surface area contributed by atoms with E-state index in [1.165, 1.54) is 67.7 Å². The van der Waals surface area contributed by atoms with Crippen LogP contribution in [0.5, 0.6) is 11.5 Å². The van der Waals surface area contributed by atoms with Crippen molar-refractivity contribution in [2.45, 2.75) is 156 Å². The molecule has 7 N–H and O–H groups in total. The van der Waals surface area contributed by atoms with Gasteiger partial charge in [0.1, 0.15) is 50.1 Å². The van der Waals surface area contributed by atoms with Gasteiger partial charge in [-0.2, -0.15) is 0 Å². The molecule has 0 unspecified atom stereocenters. The van der Waals surface area contributed by atoms with Crippen LogP contribution in [0.3, 0.4) is 0 Å². The number of ether oxygens (including phenoxy) is 5. The molecule has 2 heterocycles. The van der Waals surface area contributed by atoms with Gasteiger partial charge in [0.05, 0.1) is 50.5 Å². The van der Waals surface area contributed by atoms with E-state index in [1.54, 1.807) is 58.2 Å². The first-order chi connectivity index (χ1) is 45.1. The van der Waals surface area contributed by atoms with Crippen LogP contribution >= 0.6 is 0 Å². The number of unbranched alkanes of at least 4 members (excludes halogenated alkanes) is 6. The number of para-hydroxylation sites is 2. The van der Waals surface area contributed by atoms with Crippen LogP contribution in [0, 0.1) is 11.8 Å². The molecule has 0 bridgehead atoms. The lowest BCUT2D eigenvalue weighted by atomic mass is 10.1. The van der Waals surface area contributed by atoms with Crippen molar-refractivity contribution in [3.8, 4) is 22.8 Å². The van der Waals surface area contributed by atoms with Crippen LogP contribution in [0.1, 0.15) is 117 Å². The fourth-order valence-electron chi connectivity index (χ4n) is 10.8. The van der Waals surface area contributed by atoms with Gasteiger partial charge in [-0.05, 0) is 95.7 Å². The Morgan fingerprint density at radius 1 is 0.653 bits per heavy atom. The number of nitrogens with two attached hydrogens (primary N) is 1. The van der Waals surface area contributed by atoms with Crippen molar-refractivity contribution in [3.05, 3.63) is 128 Å². The molecule has 6 atom stereocenters. The summed E-state index contributed by atoms with van der Waals surface area (Å²) in [5, 5.41) is 8.67. The number of nitrogens with one attached hydrogen (secondary N) is 5. The van der Waals surface area contributed by atoms with E-state index in [1.807, 2.05) is 41.1 Å². The Labute approximate surface area is 553 Å². The standard InChI is InChI=1S/C47H55N5O11S.C21H29N3O6S/c1-7-31-28-47(31,44(56)51-64(58,59)40-20-16-15-19-35(40)49-41(53)21-13-8-9-14-22-42(54)61-6)50-43(55)38-26-33(29-52(38)45(57)63-46(2,3)4)62-39-27-36(30-17-11-10-12-18-30)48-37-25-32(60-5)23-24-34(37)39;1-3-15-14-21(15,22)20(27)24-31(28,29)17-11-9-8-10-16(17)23-18(25)12-6-4-5-7-13-19(26)30-2/h7,10-12,15-20,23-25,27,31,33,38H,1,8-9,13-14,21-22,26,28-29H2,2-6H3,(H,49,53)(H,50,55)(H,51,56);3,8-11,15H,1,4-7,12-14,22H2,2H3,(H,23,25)(H,24,27)/t31-,33-,38+,47-;15-,21-/m11/s1. The maximum atomic E-state index is 14.4. The fraction of sp³-hybridized carbons (Fsp3) is 0.426. The summed E-state index contributed by atoms with van der Waals surface area (Å²) < 4.78 is 84.3. The number of amides is 6. The third-order valence-electron chi connectivity index (χ3n) is 16.2. The lowest BCUT2D eigenvalue weighted by Gasteiger charge is -2.29. The number of pyridine rings is 1. The van der Waals surface area contributed by atoms with Crippen LogP contribution in [0.2, 0.25) is 0 Å². The lowest BCUT2D eigenvalue weighted by molar-refractivity contribution is -0.141. The van der Waals surface area contributed by atoms with Gasteiger partial charge in [0.2, 0.25) is 17.7 Å². The highest BCUT2D eigenvalue weighted by Crippen LogP contribution is 2.46. The Hall–Kier alpha value is -9.21. The summed E-state index contributed by atoms with van der Waals surface area (Å²) in [5.74, 6) is -3.73. The number of sulfonamides is 2. The molecular weight excluding hydrogens is 1260 g/mol. The van der Waals surface area contributed by atoms with Crippen LogP contribution in [0.25, 0.3) is 22.2 Å². The second-order valence-electron chi connectivity index (χ2n) is 24.4. The molecule has 3 aliphatic rings. The van der Waals surface area contributed by atoms with E-state index in [0.29, 0.717) is 79.5 Å². The Morgan fingerprint density at radius 3 is 1.66 bits per heavy atom. The summed E-state index contributed by atoms with van der Waals surface area (Å²) >= 11 is 0.